The third-order valence-corrected chi connectivity index (χ3v) is 3.46. The number of ether oxygens (including phenoxy) is 2. The molecule has 6 nitrogen and oxygen atoms in total. The molecular weight excluding hydrogens is 409 g/mol. The number of aliphatic hydroxyl groups is 1. The Morgan fingerprint density at radius 1 is 1.43 bits per heavy atom. The van der Waals surface area contributed by atoms with Gasteiger partial charge in [0, 0.05) is 25.7 Å². The van der Waals surface area contributed by atoms with Gasteiger partial charge in [0.25, 0.3) is 0 Å². The lowest BCUT2D eigenvalue weighted by Crippen LogP contribution is -2.40. The first-order valence-corrected chi connectivity index (χ1v) is 7.71. The molecule has 130 valence electrons. The molecule has 1 aromatic carbocycles. The summed E-state index contributed by atoms with van der Waals surface area (Å²) < 4.78 is 10.8. The van der Waals surface area contributed by atoms with Gasteiger partial charge in [0.1, 0.15) is 18.1 Å². The molecule has 0 unspecified atom stereocenters. The summed E-state index contributed by atoms with van der Waals surface area (Å²) in [6.07, 6.45) is 0.543. The minimum atomic E-state index is -0.253. The fourth-order valence-corrected chi connectivity index (χ4v) is 2.37. The number of aliphatic imine (C=N–C) groups is 1. The Balaban J connectivity index is 0.00000264. The molecule has 0 saturated carbocycles. The first-order valence-electron chi connectivity index (χ1n) is 7.71. The maximum Gasteiger partial charge on any atom is 0.194 e. The fourth-order valence-electron chi connectivity index (χ4n) is 2.37. The molecule has 1 aliphatic rings. The summed E-state index contributed by atoms with van der Waals surface area (Å²) >= 11 is 0. The summed E-state index contributed by atoms with van der Waals surface area (Å²) in [5.74, 6) is 2.39. The number of guanidine groups is 1. The predicted octanol–water partition coefficient (Wildman–Crippen LogP) is 1.72. The van der Waals surface area contributed by atoms with E-state index in [1.165, 1.54) is 0 Å². The number of likely N-dealkylation sites (tertiary alicyclic amines) is 1. The smallest absolute Gasteiger partial charge is 0.194 e. The van der Waals surface area contributed by atoms with Crippen LogP contribution in [0.4, 0.5) is 0 Å². The minimum Gasteiger partial charge on any atom is -0.497 e. The van der Waals surface area contributed by atoms with E-state index in [-0.39, 0.29) is 30.1 Å². The van der Waals surface area contributed by atoms with Crippen LogP contribution in [0.1, 0.15) is 13.3 Å². The van der Waals surface area contributed by atoms with Crippen molar-refractivity contribution in [2.75, 3.05) is 39.9 Å². The van der Waals surface area contributed by atoms with Crippen molar-refractivity contribution in [3.8, 4) is 11.5 Å². The van der Waals surface area contributed by atoms with Crippen LogP contribution in [-0.2, 0) is 0 Å². The van der Waals surface area contributed by atoms with Crippen LogP contribution in [0.5, 0.6) is 11.5 Å². The Labute approximate surface area is 154 Å². The number of nitrogens with one attached hydrogen (secondary N) is 1. The molecule has 1 heterocycles. The Kier molecular flexibility index (Phi) is 9.08. The van der Waals surface area contributed by atoms with Crippen molar-refractivity contribution in [1.29, 1.82) is 0 Å². The summed E-state index contributed by atoms with van der Waals surface area (Å²) in [7, 11) is 1.64. The highest BCUT2D eigenvalue weighted by Crippen LogP contribution is 2.18. The van der Waals surface area contributed by atoms with Crippen LogP contribution >= 0.6 is 24.0 Å². The molecule has 1 atom stereocenters. The third-order valence-electron chi connectivity index (χ3n) is 3.46. The average molecular weight is 435 g/mol. The maximum absolute atomic E-state index is 9.63. The number of benzene rings is 1. The molecule has 7 heteroatoms. The van der Waals surface area contributed by atoms with E-state index in [9.17, 15) is 5.11 Å². The molecule has 0 bridgehead atoms. The second kappa shape index (κ2) is 10.5. The van der Waals surface area contributed by atoms with Crippen LogP contribution in [0.15, 0.2) is 29.3 Å². The summed E-state index contributed by atoms with van der Waals surface area (Å²) in [6, 6.07) is 7.53. The topological polar surface area (TPSA) is 66.3 Å². The number of hydrogen-bond acceptors (Lipinski definition) is 4. The number of nitrogens with zero attached hydrogens (tertiary/aromatic N) is 2. The zero-order valence-electron chi connectivity index (χ0n) is 13.7. The number of methoxy groups -OCH3 is 1. The van der Waals surface area contributed by atoms with Gasteiger partial charge in [0.2, 0.25) is 0 Å². The van der Waals surface area contributed by atoms with Gasteiger partial charge in [-0.15, -0.1) is 24.0 Å². The van der Waals surface area contributed by atoms with E-state index in [4.69, 9.17) is 9.47 Å². The van der Waals surface area contributed by atoms with E-state index < -0.39 is 0 Å². The first-order chi connectivity index (χ1) is 10.7. The molecule has 2 rings (SSSR count). The van der Waals surface area contributed by atoms with E-state index in [0.717, 1.165) is 37.0 Å². The molecule has 0 radical (unpaired) electrons. The number of aliphatic hydroxyl groups excluding tert-OH is 1. The fraction of sp³-hybridized carbons (Fsp3) is 0.562. The number of rotatable bonds is 6. The summed E-state index contributed by atoms with van der Waals surface area (Å²) in [4.78, 5) is 6.63. The van der Waals surface area contributed by atoms with E-state index in [1.54, 1.807) is 7.11 Å². The van der Waals surface area contributed by atoms with Crippen molar-refractivity contribution < 1.29 is 14.6 Å². The van der Waals surface area contributed by atoms with Crippen LogP contribution < -0.4 is 14.8 Å². The largest absolute Gasteiger partial charge is 0.497 e. The number of β-amino-alcohol motifs (C(OH)–C–C–N with tert-alkyl or cyclic N) is 1. The second-order valence-electron chi connectivity index (χ2n) is 5.15. The van der Waals surface area contributed by atoms with Crippen LogP contribution in [0.25, 0.3) is 0 Å². The normalized spacial score (nSPS) is 17.6. The molecule has 1 aliphatic heterocycles. The maximum atomic E-state index is 9.63. The van der Waals surface area contributed by atoms with Gasteiger partial charge in [-0.05, 0) is 25.5 Å². The van der Waals surface area contributed by atoms with Crippen molar-refractivity contribution in [3.63, 3.8) is 0 Å². The van der Waals surface area contributed by atoms with Crippen LogP contribution in [0.3, 0.4) is 0 Å². The average Bonchev–Trinajstić information content (AvgIpc) is 2.97. The van der Waals surface area contributed by atoms with E-state index in [1.807, 2.05) is 31.2 Å². The van der Waals surface area contributed by atoms with Gasteiger partial charge in [-0.1, -0.05) is 6.07 Å². The summed E-state index contributed by atoms with van der Waals surface area (Å²) in [5, 5.41) is 12.9. The molecule has 0 spiro atoms. The lowest BCUT2D eigenvalue weighted by atomic mass is 10.3. The summed E-state index contributed by atoms with van der Waals surface area (Å²) in [6.45, 7) is 5.38. The van der Waals surface area contributed by atoms with E-state index in [2.05, 4.69) is 15.2 Å². The molecule has 1 aromatic rings. The van der Waals surface area contributed by atoms with Gasteiger partial charge >= 0.3 is 0 Å². The highest BCUT2D eigenvalue weighted by atomic mass is 127. The van der Waals surface area contributed by atoms with Crippen LogP contribution in [-0.4, -0.2) is 62.0 Å². The first kappa shape index (κ1) is 19.8. The van der Waals surface area contributed by atoms with Gasteiger partial charge in [-0.3, -0.25) is 0 Å². The highest BCUT2D eigenvalue weighted by Gasteiger charge is 2.22. The van der Waals surface area contributed by atoms with Crippen molar-refractivity contribution in [2.24, 2.45) is 4.99 Å². The van der Waals surface area contributed by atoms with Crippen molar-refractivity contribution >= 4 is 29.9 Å². The lowest BCUT2D eigenvalue weighted by molar-refractivity contribution is 0.187. The van der Waals surface area contributed by atoms with Gasteiger partial charge < -0.3 is 24.8 Å². The molecule has 0 amide bonds. The Hall–Kier alpha value is -1.22. The Morgan fingerprint density at radius 3 is 2.87 bits per heavy atom. The standard InChI is InChI=1S/C16H25N3O3.HI/c1-3-17-16(19-9-7-13(20)12-19)18-8-10-22-15-6-4-5-14(11-15)21-2;/h4-6,11,13,20H,3,7-10,12H2,1-2H3,(H,17,18);1H/t13-;/m1./s1. The molecule has 1 saturated heterocycles. The molecule has 23 heavy (non-hydrogen) atoms. The number of hydrogen-bond donors (Lipinski definition) is 2. The third kappa shape index (κ3) is 6.42. The molecule has 0 aromatic heterocycles. The highest BCUT2D eigenvalue weighted by molar-refractivity contribution is 14.0. The van der Waals surface area contributed by atoms with Crippen LogP contribution in [0, 0.1) is 0 Å². The van der Waals surface area contributed by atoms with Gasteiger partial charge in [0.15, 0.2) is 5.96 Å². The Bertz CT molecular complexity index is 499. The van der Waals surface area contributed by atoms with Gasteiger partial charge in [-0.25, -0.2) is 4.99 Å². The molecule has 2 N–H and O–H groups in total. The zero-order valence-corrected chi connectivity index (χ0v) is 16.0. The van der Waals surface area contributed by atoms with Crippen molar-refractivity contribution in [3.05, 3.63) is 24.3 Å². The van der Waals surface area contributed by atoms with Crippen molar-refractivity contribution in [2.45, 2.75) is 19.4 Å². The van der Waals surface area contributed by atoms with E-state index >= 15 is 0 Å². The van der Waals surface area contributed by atoms with Crippen molar-refractivity contribution in [1.82, 2.24) is 10.2 Å². The zero-order chi connectivity index (χ0) is 15.8. The second-order valence-corrected chi connectivity index (χ2v) is 5.15. The van der Waals surface area contributed by atoms with Crippen LogP contribution in [0.2, 0.25) is 0 Å². The molecule has 1 fully saturated rings. The lowest BCUT2D eigenvalue weighted by Gasteiger charge is -2.20. The van der Waals surface area contributed by atoms with Gasteiger partial charge in [0.05, 0.1) is 19.8 Å². The molecular formula is C16H26IN3O3. The predicted molar refractivity (Wildman–Crippen MR) is 102 cm³/mol. The summed E-state index contributed by atoms with van der Waals surface area (Å²) in [5.41, 5.74) is 0. The SMILES string of the molecule is CCNC(=NCCOc1cccc(OC)c1)N1CC[C@@H](O)C1.I. The monoisotopic (exact) mass is 435 g/mol. The molecule has 0 aliphatic carbocycles. The van der Waals surface area contributed by atoms with E-state index in [0.29, 0.717) is 19.7 Å². The quantitative estimate of drug-likeness (QED) is 0.309. The number of halogens is 1. The minimum absolute atomic E-state index is 0. The van der Waals surface area contributed by atoms with Gasteiger partial charge in [-0.2, -0.15) is 0 Å². The Morgan fingerprint density at radius 2 is 2.22 bits per heavy atom.